The van der Waals surface area contributed by atoms with Crippen molar-refractivity contribution in [3.63, 3.8) is 0 Å². The lowest BCUT2D eigenvalue weighted by Gasteiger charge is -2.23. The number of amides is 1. The van der Waals surface area contributed by atoms with Crippen LogP contribution in [0.2, 0.25) is 0 Å². The Kier molecular flexibility index (Phi) is 6.87. The molecule has 3 aromatic rings. The third kappa shape index (κ3) is 4.69. The van der Waals surface area contributed by atoms with Crippen LogP contribution < -0.4 is 9.62 Å². The van der Waals surface area contributed by atoms with Crippen LogP contribution >= 0.6 is 0 Å². The molecule has 0 aliphatic rings. The lowest BCUT2D eigenvalue weighted by Crippen LogP contribution is -2.31. The van der Waals surface area contributed by atoms with Gasteiger partial charge in [-0.3, -0.25) is 9.10 Å². The topological polar surface area (TPSA) is 75.7 Å². The second-order valence-corrected chi connectivity index (χ2v) is 8.44. The predicted molar refractivity (Wildman–Crippen MR) is 118 cm³/mol. The van der Waals surface area contributed by atoms with Gasteiger partial charge in [0.25, 0.3) is 15.9 Å². The van der Waals surface area contributed by atoms with Gasteiger partial charge in [0.1, 0.15) is 0 Å². The van der Waals surface area contributed by atoms with Gasteiger partial charge >= 0.3 is 0 Å². The molecular formula is C23H24N2O4S. The van der Waals surface area contributed by atoms with Gasteiger partial charge < -0.3 is 10.1 Å². The Bertz CT molecular complexity index is 1110. The van der Waals surface area contributed by atoms with Crippen molar-refractivity contribution in [3.05, 3.63) is 90.0 Å². The quantitative estimate of drug-likeness (QED) is 0.585. The summed E-state index contributed by atoms with van der Waals surface area (Å²) in [5, 5.41) is 2.84. The standard InChI is InChI=1S/C23H24N2O4S/c1-3-25(20-12-5-4-6-13-20)30(27,28)21-14-9-11-18(16-21)23(26)24-22-15-8-7-10-19(22)17-29-2/h4-16H,3,17H2,1-2H3,(H,24,26). The highest BCUT2D eigenvalue weighted by Gasteiger charge is 2.24. The first-order valence-electron chi connectivity index (χ1n) is 9.53. The predicted octanol–water partition coefficient (Wildman–Crippen LogP) is 4.30. The molecule has 0 heterocycles. The summed E-state index contributed by atoms with van der Waals surface area (Å²) in [6, 6.07) is 22.3. The van der Waals surface area contributed by atoms with E-state index in [9.17, 15) is 13.2 Å². The van der Waals surface area contributed by atoms with Crippen LogP contribution in [0.3, 0.4) is 0 Å². The van der Waals surface area contributed by atoms with E-state index in [1.165, 1.54) is 16.4 Å². The molecule has 0 saturated carbocycles. The summed E-state index contributed by atoms with van der Waals surface area (Å²) in [6.07, 6.45) is 0. The zero-order valence-electron chi connectivity index (χ0n) is 16.9. The van der Waals surface area contributed by atoms with Gasteiger partial charge in [0.2, 0.25) is 0 Å². The summed E-state index contributed by atoms with van der Waals surface area (Å²) in [5.74, 6) is -0.390. The summed E-state index contributed by atoms with van der Waals surface area (Å²) < 4.78 is 32.9. The van der Waals surface area contributed by atoms with Crippen LogP contribution in [0.25, 0.3) is 0 Å². The number of nitrogens with one attached hydrogen (secondary N) is 1. The van der Waals surface area contributed by atoms with Crippen molar-refractivity contribution in [1.82, 2.24) is 0 Å². The third-order valence-corrected chi connectivity index (χ3v) is 6.48. The molecule has 0 saturated heterocycles. The maximum atomic E-state index is 13.2. The van der Waals surface area contributed by atoms with E-state index < -0.39 is 15.9 Å². The smallest absolute Gasteiger partial charge is 0.264 e. The van der Waals surface area contributed by atoms with Gasteiger partial charge in [-0.25, -0.2) is 8.42 Å². The molecule has 6 nitrogen and oxygen atoms in total. The summed E-state index contributed by atoms with van der Waals surface area (Å²) in [7, 11) is -2.23. The van der Waals surface area contributed by atoms with Gasteiger partial charge in [-0.15, -0.1) is 0 Å². The average Bonchev–Trinajstić information content (AvgIpc) is 2.76. The molecule has 30 heavy (non-hydrogen) atoms. The Hall–Kier alpha value is -3.16. The normalized spacial score (nSPS) is 11.1. The first-order valence-corrected chi connectivity index (χ1v) is 11.0. The number of para-hydroxylation sites is 2. The molecule has 0 fully saturated rings. The number of sulfonamides is 1. The first kappa shape index (κ1) is 21.5. The lowest BCUT2D eigenvalue weighted by atomic mass is 10.1. The SMILES string of the molecule is CCN(c1ccccc1)S(=O)(=O)c1cccc(C(=O)Nc2ccccc2COC)c1. The van der Waals surface area contributed by atoms with Crippen molar-refractivity contribution >= 4 is 27.3 Å². The molecule has 0 unspecified atom stereocenters. The molecule has 0 bridgehead atoms. The van der Waals surface area contributed by atoms with Crippen LogP contribution in [0.5, 0.6) is 0 Å². The molecule has 1 N–H and O–H groups in total. The van der Waals surface area contributed by atoms with Crippen molar-refractivity contribution in [1.29, 1.82) is 0 Å². The number of rotatable bonds is 8. The van der Waals surface area contributed by atoms with Gasteiger partial charge in [-0.05, 0) is 43.3 Å². The summed E-state index contributed by atoms with van der Waals surface area (Å²) in [6.45, 7) is 2.40. The molecule has 0 aliphatic heterocycles. The Morgan fingerprint density at radius 2 is 1.67 bits per heavy atom. The number of carbonyl (C=O) groups is 1. The number of nitrogens with zero attached hydrogens (tertiary/aromatic N) is 1. The molecular weight excluding hydrogens is 400 g/mol. The number of methoxy groups -OCH3 is 1. The number of hydrogen-bond donors (Lipinski definition) is 1. The molecule has 7 heteroatoms. The number of anilines is 2. The van der Waals surface area contributed by atoms with Gasteiger partial charge in [0.05, 0.1) is 17.2 Å². The number of ether oxygens (including phenoxy) is 1. The lowest BCUT2D eigenvalue weighted by molar-refractivity contribution is 0.102. The monoisotopic (exact) mass is 424 g/mol. The fourth-order valence-electron chi connectivity index (χ4n) is 3.13. The van der Waals surface area contributed by atoms with E-state index in [4.69, 9.17) is 4.74 Å². The summed E-state index contributed by atoms with van der Waals surface area (Å²) in [4.78, 5) is 12.9. The highest BCUT2D eigenvalue weighted by Crippen LogP contribution is 2.24. The molecule has 0 radical (unpaired) electrons. The van der Waals surface area contributed by atoms with E-state index >= 15 is 0 Å². The zero-order chi connectivity index (χ0) is 21.6. The molecule has 156 valence electrons. The Balaban J connectivity index is 1.89. The first-order chi connectivity index (χ1) is 14.5. The van der Waals surface area contributed by atoms with Gasteiger partial charge in [-0.2, -0.15) is 0 Å². The maximum Gasteiger partial charge on any atom is 0.264 e. The summed E-state index contributed by atoms with van der Waals surface area (Å²) >= 11 is 0. The minimum Gasteiger partial charge on any atom is -0.380 e. The van der Waals surface area contributed by atoms with E-state index in [0.29, 0.717) is 18.0 Å². The van der Waals surface area contributed by atoms with E-state index in [1.54, 1.807) is 56.5 Å². The van der Waals surface area contributed by atoms with Crippen molar-refractivity contribution in [2.24, 2.45) is 0 Å². The van der Waals surface area contributed by atoms with Gasteiger partial charge in [0.15, 0.2) is 0 Å². The molecule has 3 rings (SSSR count). The maximum absolute atomic E-state index is 13.2. The Morgan fingerprint density at radius 3 is 2.37 bits per heavy atom. The molecule has 0 spiro atoms. The second kappa shape index (κ2) is 9.56. The van der Waals surface area contributed by atoms with Gasteiger partial charge in [0, 0.05) is 30.5 Å². The van der Waals surface area contributed by atoms with Crippen LogP contribution in [-0.4, -0.2) is 28.0 Å². The van der Waals surface area contributed by atoms with Crippen LogP contribution in [0.4, 0.5) is 11.4 Å². The van der Waals surface area contributed by atoms with Crippen molar-refractivity contribution < 1.29 is 17.9 Å². The molecule has 0 aliphatic carbocycles. The number of benzene rings is 3. The van der Waals surface area contributed by atoms with Crippen molar-refractivity contribution in [2.45, 2.75) is 18.4 Å². The van der Waals surface area contributed by atoms with Crippen LogP contribution in [-0.2, 0) is 21.4 Å². The minimum absolute atomic E-state index is 0.0611. The largest absolute Gasteiger partial charge is 0.380 e. The van der Waals surface area contributed by atoms with E-state index in [2.05, 4.69) is 5.32 Å². The summed E-state index contributed by atoms with van der Waals surface area (Å²) in [5.41, 5.74) is 2.28. The third-order valence-electron chi connectivity index (χ3n) is 4.58. The molecule has 3 aromatic carbocycles. The van der Waals surface area contributed by atoms with Crippen LogP contribution in [0, 0.1) is 0 Å². The van der Waals surface area contributed by atoms with E-state index in [-0.39, 0.29) is 17.0 Å². The highest BCUT2D eigenvalue weighted by atomic mass is 32.2. The molecule has 0 atom stereocenters. The fraction of sp³-hybridized carbons (Fsp3) is 0.174. The molecule has 1 amide bonds. The minimum atomic E-state index is -3.82. The van der Waals surface area contributed by atoms with Gasteiger partial charge in [-0.1, -0.05) is 42.5 Å². The zero-order valence-corrected chi connectivity index (χ0v) is 17.7. The van der Waals surface area contributed by atoms with E-state index in [1.807, 2.05) is 24.3 Å². The van der Waals surface area contributed by atoms with Crippen molar-refractivity contribution in [2.75, 3.05) is 23.3 Å². The number of carbonyl (C=O) groups excluding carboxylic acids is 1. The fourth-order valence-corrected chi connectivity index (χ4v) is 4.65. The average molecular weight is 425 g/mol. The second-order valence-electron chi connectivity index (χ2n) is 6.58. The Labute approximate surface area is 177 Å². The van der Waals surface area contributed by atoms with Crippen LogP contribution in [0.15, 0.2) is 83.8 Å². The highest BCUT2D eigenvalue weighted by molar-refractivity contribution is 7.92. The van der Waals surface area contributed by atoms with Crippen LogP contribution in [0.1, 0.15) is 22.8 Å². The van der Waals surface area contributed by atoms with E-state index in [0.717, 1.165) is 5.56 Å². The number of hydrogen-bond acceptors (Lipinski definition) is 4. The Morgan fingerprint density at radius 1 is 0.967 bits per heavy atom. The van der Waals surface area contributed by atoms with Crippen molar-refractivity contribution in [3.8, 4) is 0 Å². The molecule has 0 aromatic heterocycles.